The fourth-order valence-corrected chi connectivity index (χ4v) is 5.19. The van der Waals surface area contributed by atoms with Crippen LogP contribution in [0.5, 0.6) is 0 Å². The topological polar surface area (TPSA) is 96.9 Å². The van der Waals surface area contributed by atoms with Crippen molar-refractivity contribution in [2.45, 2.75) is 0 Å². The molecule has 0 fully saturated rings. The van der Waals surface area contributed by atoms with E-state index >= 15 is 0 Å². The van der Waals surface area contributed by atoms with Gasteiger partial charge in [-0.25, -0.2) is 15.0 Å². The van der Waals surface area contributed by atoms with Gasteiger partial charge in [-0.1, -0.05) is 51.9 Å². The first-order valence-electron chi connectivity index (χ1n) is 9.16. The van der Waals surface area contributed by atoms with E-state index in [-0.39, 0.29) is 11.4 Å². The van der Waals surface area contributed by atoms with Crippen molar-refractivity contribution in [3.8, 4) is 0 Å². The summed E-state index contributed by atoms with van der Waals surface area (Å²) in [5, 5.41) is 7.44. The number of rotatable bonds is 4. The number of anilines is 2. The van der Waals surface area contributed by atoms with Crippen molar-refractivity contribution in [3.05, 3.63) is 76.0 Å². The number of fused-ring (bicyclic) bond motifs is 2. The Morgan fingerprint density at radius 2 is 1.16 bits per heavy atom. The molecule has 5 rings (SSSR count). The van der Waals surface area contributed by atoms with Gasteiger partial charge in [0.1, 0.15) is 11.4 Å². The van der Waals surface area contributed by atoms with Gasteiger partial charge in [0.2, 0.25) is 0 Å². The van der Waals surface area contributed by atoms with Gasteiger partial charge in [0, 0.05) is 10.0 Å². The van der Waals surface area contributed by atoms with Crippen molar-refractivity contribution in [3.63, 3.8) is 0 Å². The highest BCUT2D eigenvalue weighted by atomic mass is 35.5. The highest BCUT2D eigenvalue weighted by molar-refractivity contribution is 7.22. The lowest BCUT2D eigenvalue weighted by Gasteiger charge is -2.04. The molecule has 0 unspecified atom stereocenters. The lowest BCUT2D eigenvalue weighted by molar-refractivity contribution is 0.101. The molecule has 7 nitrogen and oxygen atoms in total. The number of hydrogen-bond acceptors (Lipinski definition) is 7. The summed E-state index contributed by atoms with van der Waals surface area (Å²) in [5.74, 6) is -0.945. The summed E-state index contributed by atoms with van der Waals surface area (Å²) in [6.45, 7) is 0. The van der Waals surface area contributed by atoms with Crippen molar-refractivity contribution in [2.24, 2.45) is 0 Å². The number of aromatic nitrogens is 3. The molecule has 158 valence electrons. The molecule has 0 aliphatic heterocycles. The minimum Gasteiger partial charge on any atom is -0.296 e. The van der Waals surface area contributed by atoms with E-state index in [1.54, 1.807) is 42.5 Å². The fourth-order valence-electron chi connectivity index (χ4n) is 2.91. The summed E-state index contributed by atoms with van der Waals surface area (Å²) in [6.07, 6.45) is 0. The molecular formula is C21H11Cl2N5O2S2. The van der Waals surface area contributed by atoms with Gasteiger partial charge >= 0.3 is 0 Å². The van der Waals surface area contributed by atoms with Gasteiger partial charge in [0.15, 0.2) is 10.3 Å². The number of carbonyl (C=O) groups excluding carboxylic acids is 2. The van der Waals surface area contributed by atoms with E-state index in [1.165, 1.54) is 34.8 Å². The third-order valence-corrected chi connectivity index (χ3v) is 6.69. The molecule has 0 saturated carbocycles. The van der Waals surface area contributed by atoms with Crippen LogP contribution in [-0.2, 0) is 0 Å². The zero-order valence-electron chi connectivity index (χ0n) is 15.9. The Morgan fingerprint density at radius 3 is 1.62 bits per heavy atom. The Hall–Kier alpha value is -3.11. The Morgan fingerprint density at radius 1 is 0.688 bits per heavy atom. The third-order valence-electron chi connectivity index (χ3n) is 4.36. The van der Waals surface area contributed by atoms with Crippen LogP contribution >= 0.6 is 45.9 Å². The number of thiazole rings is 2. The summed E-state index contributed by atoms with van der Waals surface area (Å²) in [5.41, 5.74) is 1.64. The van der Waals surface area contributed by atoms with Crippen LogP contribution in [-0.4, -0.2) is 26.8 Å². The van der Waals surface area contributed by atoms with Crippen molar-refractivity contribution in [1.29, 1.82) is 0 Å². The van der Waals surface area contributed by atoms with Gasteiger partial charge in [-0.3, -0.25) is 20.2 Å². The van der Waals surface area contributed by atoms with E-state index < -0.39 is 11.8 Å². The summed E-state index contributed by atoms with van der Waals surface area (Å²) >= 11 is 14.6. The van der Waals surface area contributed by atoms with E-state index in [0.29, 0.717) is 20.3 Å². The smallest absolute Gasteiger partial charge is 0.276 e. The summed E-state index contributed by atoms with van der Waals surface area (Å²) in [4.78, 5) is 38.2. The van der Waals surface area contributed by atoms with E-state index in [4.69, 9.17) is 23.2 Å². The lowest BCUT2D eigenvalue weighted by atomic mass is 10.3. The number of benzene rings is 2. The van der Waals surface area contributed by atoms with Gasteiger partial charge in [-0.05, 0) is 48.5 Å². The van der Waals surface area contributed by atoms with Gasteiger partial charge in [-0.2, -0.15) is 0 Å². The molecule has 0 radical (unpaired) electrons. The molecule has 2 amide bonds. The quantitative estimate of drug-likeness (QED) is 0.310. The summed E-state index contributed by atoms with van der Waals surface area (Å²) < 4.78 is 1.71. The first-order chi connectivity index (χ1) is 15.4. The summed E-state index contributed by atoms with van der Waals surface area (Å²) in [6, 6.07) is 15.2. The molecule has 0 saturated heterocycles. The molecule has 32 heavy (non-hydrogen) atoms. The second-order valence-corrected chi connectivity index (χ2v) is 9.51. The highest BCUT2D eigenvalue weighted by Crippen LogP contribution is 2.29. The first kappa shape index (κ1) is 20.8. The molecule has 0 bridgehead atoms. The third kappa shape index (κ3) is 4.28. The Labute approximate surface area is 199 Å². The van der Waals surface area contributed by atoms with Crippen LogP contribution < -0.4 is 10.6 Å². The number of hydrogen-bond donors (Lipinski definition) is 2. The van der Waals surface area contributed by atoms with Gasteiger partial charge in [0.05, 0.1) is 20.4 Å². The molecule has 2 aromatic carbocycles. The first-order valence-corrected chi connectivity index (χ1v) is 11.6. The van der Waals surface area contributed by atoms with Crippen LogP contribution in [0.3, 0.4) is 0 Å². The highest BCUT2D eigenvalue weighted by Gasteiger charge is 2.16. The predicted octanol–water partition coefficient (Wildman–Crippen LogP) is 6.11. The minimum atomic E-state index is -0.473. The van der Waals surface area contributed by atoms with Crippen molar-refractivity contribution < 1.29 is 9.59 Å². The Bertz CT molecular complexity index is 1410. The maximum absolute atomic E-state index is 12.7. The van der Waals surface area contributed by atoms with Crippen LogP contribution in [0.25, 0.3) is 20.4 Å². The standard InChI is InChI=1S/C21H11Cl2N5O2S2/c22-10-4-6-12-16(8-10)31-20(25-12)27-18(29)14-2-1-3-15(24-14)19(30)28-21-26-13-7-5-11(23)9-17(13)32-21/h1-9H,(H,25,27,29)(H,26,28,30). The maximum Gasteiger partial charge on any atom is 0.276 e. The van der Waals surface area contributed by atoms with Crippen LogP contribution in [0.4, 0.5) is 10.3 Å². The zero-order chi connectivity index (χ0) is 22.2. The SMILES string of the molecule is O=C(Nc1nc2ccc(Cl)cc2s1)c1cccc(C(=O)Nc2nc3ccc(Cl)cc3s2)n1. The van der Waals surface area contributed by atoms with E-state index in [1.807, 2.05) is 0 Å². The molecule has 0 atom stereocenters. The summed E-state index contributed by atoms with van der Waals surface area (Å²) in [7, 11) is 0. The van der Waals surface area contributed by atoms with E-state index in [2.05, 4.69) is 25.6 Å². The minimum absolute atomic E-state index is 0.0889. The number of carbonyl (C=O) groups is 2. The molecule has 0 spiro atoms. The molecule has 11 heteroatoms. The second kappa shape index (κ2) is 8.44. The van der Waals surface area contributed by atoms with Crippen LogP contribution in [0.2, 0.25) is 10.0 Å². The number of pyridine rings is 1. The van der Waals surface area contributed by atoms with Crippen LogP contribution in [0.1, 0.15) is 21.0 Å². The molecule has 5 aromatic rings. The largest absolute Gasteiger partial charge is 0.296 e. The predicted molar refractivity (Wildman–Crippen MR) is 129 cm³/mol. The number of halogens is 2. The van der Waals surface area contributed by atoms with Crippen molar-refractivity contribution >= 4 is 88.4 Å². The normalized spacial score (nSPS) is 11.1. The monoisotopic (exact) mass is 499 g/mol. The molecular weight excluding hydrogens is 489 g/mol. The van der Waals surface area contributed by atoms with Crippen molar-refractivity contribution in [1.82, 2.24) is 15.0 Å². The molecule has 2 N–H and O–H groups in total. The molecule has 3 aromatic heterocycles. The Kier molecular flexibility index (Phi) is 5.48. The average Bonchev–Trinajstić information content (AvgIpc) is 3.35. The van der Waals surface area contributed by atoms with Gasteiger partial charge < -0.3 is 0 Å². The van der Waals surface area contributed by atoms with E-state index in [0.717, 1.165) is 20.4 Å². The average molecular weight is 500 g/mol. The molecule has 3 heterocycles. The van der Waals surface area contributed by atoms with Crippen LogP contribution in [0, 0.1) is 0 Å². The van der Waals surface area contributed by atoms with Gasteiger partial charge in [-0.15, -0.1) is 0 Å². The lowest BCUT2D eigenvalue weighted by Crippen LogP contribution is -2.18. The van der Waals surface area contributed by atoms with Crippen LogP contribution in [0.15, 0.2) is 54.6 Å². The van der Waals surface area contributed by atoms with Crippen molar-refractivity contribution in [2.75, 3.05) is 10.6 Å². The molecule has 0 aliphatic carbocycles. The molecule has 0 aliphatic rings. The number of amides is 2. The maximum atomic E-state index is 12.7. The second-order valence-electron chi connectivity index (χ2n) is 6.58. The van der Waals surface area contributed by atoms with E-state index in [9.17, 15) is 9.59 Å². The zero-order valence-corrected chi connectivity index (χ0v) is 19.1. The fraction of sp³-hybridized carbons (Fsp3) is 0. The number of nitrogens with zero attached hydrogens (tertiary/aromatic N) is 3. The Balaban J connectivity index is 1.33. The number of nitrogens with one attached hydrogen (secondary N) is 2. The van der Waals surface area contributed by atoms with Gasteiger partial charge in [0.25, 0.3) is 11.8 Å².